The number of oxazole rings is 1. The fourth-order valence-electron chi connectivity index (χ4n) is 1.91. The number of hydrogen-bond acceptors (Lipinski definition) is 4. The molecule has 0 aliphatic rings. The molecule has 3 rings (SSSR count). The van der Waals surface area contributed by atoms with Gasteiger partial charge in [0.15, 0.2) is 0 Å². The number of nitrogens with zero attached hydrogens (tertiary/aromatic N) is 2. The molecule has 0 aliphatic carbocycles. The quantitative estimate of drug-likeness (QED) is 0.621. The van der Waals surface area contributed by atoms with Crippen LogP contribution in [0.3, 0.4) is 0 Å². The molecule has 0 amide bonds. The second-order valence-corrected chi connectivity index (χ2v) is 6.00. The zero-order valence-corrected chi connectivity index (χ0v) is 13.1. The molecule has 1 heterocycles. The highest BCUT2D eigenvalue weighted by atomic mass is 35.5. The Kier molecular flexibility index (Phi) is 4.47. The van der Waals surface area contributed by atoms with Crippen molar-refractivity contribution in [2.24, 2.45) is 0 Å². The average Bonchev–Trinajstić information content (AvgIpc) is 3.02. The fourth-order valence-corrected chi connectivity index (χ4v) is 2.91. The van der Waals surface area contributed by atoms with E-state index in [1.54, 1.807) is 30.2 Å². The molecule has 0 spiro atoms. The van der Waals surface area contributed by atoms with Crippen LogP contribution in [0.5, 0.6) is 0 Å². The second kappa shape index (κ2) is 6.69. The summed E-state index contributed by atoms with van der Waals surface area (Å²) in [6.45, 7) is 0. The third-order valence-corrected chi connectivity index (χ3v) is 4.40. The van der Waals surface area contributed by atoms with Gasteiger partial charge in [0, 0.05) is 10.6 Å². The van der Waals surface area contributed by atoms with Crippen LogP contribution < -0.4 is 0 Å². The number of benzene rings is 2. The van der Waals surface area contributed by atoms with Crippen molar-refractivity contribution in [3.05, 3.63) is 71.1 Å². The molecule has 3 nitrogen and oxygen atoms in total. The minimum atomic E-state index is 0.529. The average molecular weight is 327 g/mol. The Morgan fingerprint density at radius 3 is 2.64 bits per heavy atom. The number of rotatable bonds is 4. The molecule has 3 aromatic rings. The maximum Gasteiger partial charge on any atom is 0.227 e. The van der Waals surface area contributed by atoms with Crippen LogP contribution in [-0.2, 0) is 5.75 Å². The summed E-state index contributed by atoms with van der Waals surface area (Å²) in [5.41, 5.74) is 2.30. The smallest absolute Gasteiger partial charge is 0.227 e. The predicted octanol–water partition coefficient (Wildman–Crippen LogP) is 5.16. The van der Waals surface area contributed by atoms with E-state index in [0.717, 1.165) is 16.2 Å². The van der Waals surface area contributed by atoms with Crippen LogP contribution in [0.1, 0.15) is 11.3 Å². The third-order valence-electron chi connectivity index (χ3n) is 3.03. The Bertz CT molecular complexity index is 821. The minimum absolute atomic E-state index is 0.529. The van der Waals surface area contributed by atoms with Gasteiger partial charge in [-0.05, 0) is 36.4 Å². The fraction of sp³-hybridized carbons (Fsp3) is 0.0588. The van der Waals surface area contributed by atoms with Crippen molar-refractivity contribution in [2.45, 2.75) is 10.6 Å². The summed E-state index contributed by atoms with van der Waals surface area (Å²) in [6.07, 6.45) is 1.65. The Labute approximate surface area is 137 Å². The van der Waals surface area contributed by atoms with E-state index in [9.17, 15) is 0 Å². The van der Waals surface area contributed by atoms with Crippen molar-refractivity contribution >= 4 is 23.4 Å². The highest BCUT2D eigenvalue weighted by Crippen LogP contribution is 2.28. The van der Waals surface area contributed by atoms with Crippen molar-refractivity contribution in [3.63, 3.8) is 0 Å². The second-order valence-electron chi connectivity index (χ2n) is 4.55. The molecule has 0 aliphatic heterocycles. The van der Waals surface area contributed by atoms with E-state index in [1.807, 2.05) is 36.4 Å². The largest absolute Gasteiger partial charge is 0.444 e. The summed E-state index contributed by atoms with van der Waals surface area (Å²) < 4.78 is 5.50. The van der Waals surface area contributed by atoms with Crippen molar-refractivity contribution < 1.29 is 4.42 Å². The predicted molar refractivity (Wildman–Crippen MR) is 87.7 cm³/mol. The maximum atomic E-state index is 8.78. The Balaban J connectivity index is 1.69. The number of thioether (sulfide) groups is 1. The molecule has 1 aromatic heterocycles. The first-order valence-electron chi connectivity index (χ1n) is 6.58. The zero-order valence-electron chi connectivity index (χ0n) is 11.5. The first-order chi connectivity index (χ1) is 10.8. The monoisotopic (exact) mass is 326 g/mol. The molecule has 108 valence electrons. The lowest BCUT2D eigenvalue weighted by atomic mass is 10.2. The van der Waals surface area contributed by atoms with Gasteiger partial charge in [0.2, 0.25) is 5.89 Å². The SMILES string of the molecule is N#Cc1ccc(SCc2coc(-c3ccccc3Cl)n2)cc1. The first kappa shape index (κ1) is 14.7. The number of hydrogen-bond donors (Lipinski definition) is 0. The van der Waals surface area contributed by atoms with Crippen LogP contribution in [0.15, 0.2) is 64.1 Å². The van der Waals surface area contributed by atoms with Crippen LogP contribution in [-0.4, -0.2) is 4.98 Å². The van der Waals surface area contributed by atoms with E-state index in [1.165, 1.54) is 0 Å². The lowest BCUT2D eigenvalue weighted by molar-refractivity contribution is 0.573. The Hall–Kier alpha value is -2.22. The zero-order chi connectivity index (χ0) is 15.4. The molecule has 0 N–H and O–H groups in total. The van der Waals surface area contributed by atoms with E-state index < -0.39 is 0 Å². The van der Waals surface area contributed by atoms with Gasteiger partial charge in [-0.3, -0.25) is 0 Å². The van der Waals surface area contributed by atoms with Gasteiger partial charge < -0.3 is 4.42 Å². The van der Waals surface area contributed by atoms with Gasteiger partial charge in [-0.2, -0.15) is 5.26 Å². The Morgan fingerprint density at radius 1 is 1.14 bits per heavy atom. The molecule has 0 saturated heterocycles. The van der Waals surface area contributed by atoms with Crippen LogP contribution in [0.4, 0.5) is 0 Å². The van der Waals surface area contributed by atoms with Crippen LogP contribution in [0.25, 0.3) is 11.5 Å². The molecule has 0 unspecified atom stereocenters. The molecule has 0 fully saturated rings. The molecule has 0 bridgehead atoms. The molecule has 22 heavy (non-hydrogen) atoms. The van der Waals surface area contributed by atoms with Gasteiger partial charge in [0.1, 0.15) is 6.26 Å². The summed E-state index contributed by atoms with van der Waals surface area (Å²) in [5, 5.41) is 9.40. The summed E-state index contributed by atoms with van der Waals surface area (Å²) in [6, 6.07) is 17.0. The molecule has 0 atom stereocenters. The van der Waals surface area contributed by atoms with Crippen LogP contribution in [0.2, 0.25) is 5.02 Å². The van der Waals surface area contributed by atoms with Crippen LogP contribution in [0, 0.1) is 11.3 Å². The lowest BCUT2D eigenvalue weighted by Gasteiger charge is -1.99. The number of nitriles is 1. The molecular weight excluding hydrogens is 316 g/mol. The van der Waals surface area contributed by atoms with Gasteiger partial charge in [0.25, 0.3) is 0 Å². The molecule has 5 heteroatoms. The van der Waals surface area contributed by atoms with E-state index in [4.69, 9.17) is 21.3 Å². The minimum Gasteiger partial charge on any atom is -0.444 e. The normalized spacial score (nSPS) is 10.4. The topological polar surface area (TPSA) is 49.8 Å². The molecule has 0 saturated carbocycles. The van der Waals surface area contributed by atoms with E-state index in [-0.39, 0.29) is 0 Å². The molecule has 0 radical (unpaired) electrons. The first-order valence-corrected chi connectivity index (χ1v) is 7.95. The van der Waals surface area contributed by atoms with Gasteiger partial charge in [-0.15, -0.1) is 11.8 Å². The number of aromatic nitrogens is 1. The lowest BCUT2D eigenvalue weighted by Crippen LogP contribution is -1.83. The van der Waals surface area contributed by atoms with Gasteiger partial charge in [0.05, 0.1) is 27.9 Å². The van der Waals surface area contributed by atoms with Crippen molar-refractivity contribution in [2.75, 3.05) is 0 Å². The van der Waals surface area contributed by atoms with Crippen molar-refractivity contribution in [3.8, 4) is 17.5 Å². The van der Waals surface area contributed by atoms with Gasteiger partial charge >= 0.3 is 0 Å². The summed E-state index contributed by atoms with van der Waals surface area (Å²) in [7, 11) is 0. The van der Waals surface area contributed by atoms with Crippen molar-refractivity contribution in [1.82, 2.24) is 4.98 Å². The maximum absolute atomic E-state index is 8.78. The Morgan fingerprint density at radius 2 is 1.91 bits per heavy atom. The number of halogens is 1. The third kappa shape index (κ3) is 3.33. The summed E-state index contributed by atoms with van der Waals surface area (Å²) in [4.78, 5) is 5.55. The molecule has 2 aromatic carbocycles. The highest BCUT2D eigenvalue weighted by Gasteiger charge is 2.10. The highest BCUT2D eigenvalue weighted by molar-refractivity contribution is 7.98. The van der Waals surface area contributed by atoms with E-state index >= 15 is 0 Å². The summed E-state index contributed by atoms with van der Waals surface area (Å²) >= 11 is 7.78. The summed E-state index contributed by atoms with van der Waals surface area (Å²) in [5.74, 6) is 1.22. The van der Waals surface area contributed by atoms with Gasteiger partial charge in [-0.1, -0.05) is 23.7 Å². The van der Waals surface area contributed by atoms with Crippen molar-refractivity contribution in [1.29, 1.82) is 5.26 Å². The standard InChI is InChI=1S/C17H11ClN2OS/c18-16-4-2-1-3-15(16)17-20-13(10-21-17)11-22-14-7-5-12(9-19)6-8-14/h1-8,10H,11H2. The molecular formula is C17H11ClN2OS. The van der Waals surface area contributed by atoms with E-state index in [0.29, 0.717) is 22.2 Å². The van der Waals surface area contributed by atoms with Crippen LogP contribution >= 0.6 is 23.4 Å². The van der Waals surface area contributed by atoms with E-state index in [2.05, 4.69) is 11.1 Å². The van der Waals surface area contributed by atoms with Gasteiger partial charge in [-0.25, -0.2) is 4.98 Å².